The molecule has 0 radical (unpaired) electrons. The predicted octanol–water partition coefficient (Wildman–Crippen LogP) is 0.909. The molecule has 0 bridgehead atoms. The lowest BCUT2D eigenvalue weighted by Crippen LogP contribution is -2.40. The van der Waals surface area contributed by atoms with E-state index in [-0.39, 0.29) is 18.2 Å². The topological polar surface area (TPSA) is 86.3 Å². The van der Waals surface area contributed by atoms with E-state index in [4.69, 9.17) is 9.26 Å². The molecule has 8 nitrogen and oxygen atoms in total. The quantitative estimate of drug-likeness (QED) is 0.814. The van der Waals surface area contributed by atoms with E-state index in [0.29, 0.717) is 31.4 Å². The summed E-state index contributed by atoms with van der Waals surface area (Å²) in [7, 11) is 1.67. The summed E-state index contributed by atoms with van der Waals surface area (Å²) in [6.07, 6.45) is 2.13. The third kappa shape index (κ3) is 3.26. The first-order valence-corrected chi connectivity index (χ1v) is 7.72. The van der Waals surface area contributed by atoms with Crippen LogP contribution in [-0.4, -0.2) is 51.0 Å². The molecule has 0 aliphatic carbocycles. The molecule has 2 aromatic heterocycles. The maximum Gasteiger partial charge on any atom is 0.236 e. The average Bonchev–Trinajstić information content (AvgIpc) is 3.13. The van der Waals surface area contributed by atoms with E-state index in [2.05, 4.69) is 15.2 Å². The predicted molar refractivity (Wildman–Crippen MR) is 80.7 cm³/mol. The minimum atomic E-state index is -0.0235. The van der Waals surface area contributed by atoms with Crippen LogP contribution in [0.2, 0.25) is 0 Å². The first-order chi connectivity index (χ1) is 11.1. The first kappa shape index (κ1) is 15.7. The lowest BCUT2D eigenvalue weighted by Gasteiger charge is -2.31. The molecule has 0 saturated heterocycles. The number of fused-ring (bicyclic) bond motifs is 1. The second kappa shape index (κ2) is 6.49. The van der Waals surface area contributed by atoms with E-state index < -0.39 is 0 Å². The maximum absolute atomic E-state index is 12.5. The van der Waals surface area contributed by atoms with Crippen LogP contribution in [-0.2, 0) is 29.0 Å². The highest BCUT2D eigenvalue weighted by Gasteiger charge is 2.31. The minimum absolute atomic E-state index is 0.0235. The number of rotatable bonds is 5. The van der Waals surface area contributed by atoms with Crippen molar-refractivity contribution in [2.24, 2.45) is 0 Å². The lowest BCUT2D eigenvalue weighted by atomic mass is 9.97. The van der Waals surface area contributed by atoms with E-state index in [9.17, 15) is 4.79 Å². The van der Waals surface area contributed by atoms with Gasteiger partial charge in [-0.25, -0.2) is 0 Å². The summed E-state index contributed by atoms with van der Waals surface area (Å²) in [5.74, 6) is 0.954. The van der Waals surface area contributed by atoms with Gasteiger partial charge in [-0.1, -0.05) is 5.16 Å². The summed E-state index contributed by atoms with van der Waals surface area (Å²) in [5.41, 5.74) is 2.11. The Balaban J connectivity index is 1.77. The van der Waals surface area contributed by atoms with Crippen LogP contribution in [0, 0.1) is 6.92 Å². The van der Waals surface area contributed by atoms with Gasteiger partial charge < -0.3 is 14.2 Å². The number of nitrogens with zero attached hydrogens (tertiary/aromatic N) is 5. The van der Waals surface area contributed by atoms with Crippen LogP contribution < -0.4 is 0 Å². The fourth-order valence-corrected chi connectivity index (χ4v) is 2.90. The Bertz CT molecular complexity index is 693. The Hall–Kier alpha value is -2.22. The van der Waals surface area contributed by atoms with E-state index >= 15 is 0 Å². The van der Waals surface area contributed by atoms with Gasteiger partial charge in [-0.3, -0.25) is 9.48 Å². The monoisotopic (exact) mass is 319 g/mol. The molecule has 1 amide bonds. The Morgan fingerprint density at radius 1 is 1.52 bits per heavy atom. The number of amides is 1. The van der Waals surface area contributed by atoms with E-state index in [1.807, 2.05) is 22.7 Å². The Kier molecular flexibility index (Phi) is 4.42. The molecule has 0 spiro atoms. The summed E-state index contributed by atoms with van der Waals surface area (Å²) >= 11 is 0. The van der Waals surface area contributed by atoms with Crippen molar-refractivity contribution < 1.29 is 14.1 Å². The summed E-state index contributed by atoms with van der Waals surface area (Å²) in [6.45, 7) is 6.27. The Morgan fingerprint density at radius 2 is 2.35 bits per heavy atom. The first-order valence-electron chi connectivity index (χ1n) is 7.72. The summed E-state index contributed by atoms with van der Waals surface area (Å²) in [5, 5.41) is 8.33. The zero-order valence-electron chi connectivity index (χ0n) is 13.7. The molecule has 0 fully saturated rings. The zero-order valence-corrected chi connectivity index (χ0v) is 13.7. The largest absolute Gasteiger partial charge is 0.384 e. The second-order valence-corrected chi connectivity index (χ2v) is 5.73. The van der Waals surface area contributed by atoms with Gasteiger partial charge in [0.15, 0.2) is 5.82 Å². The number of carbonyl (C=O) groups excluding carboxylic acids is 1. The number of aromatic nitrogens is 4. The van der Waals surface area contributed by atoms with Crippen LogP contribution in [0.4, 0.5) is 0 Å². The molecule has 0 aromatic carbocycles. The molecule has 3 heterocycles. The molecule has 1 unspecified atom stereocenters. The smallest absolute Gasteiger partial charge is 0.236 e. The Labute approximate surface area is 134 Å². The highest BCUT2D eigenvalue weighted by atomic mass is 16.5. The van der Waals surface area contributed by atoms with Crippen molar-refractivity contribution in [2.45, 2.75) is 39.3 Å². The SMILES string of the molecule is CCn1cc2c(n1)C(COC)CN(C(=O)Cc1nc(C)no1)C2. The number of methoxy groups -OCH3 is 1. The van der Waals surface area contributed by atoms with Crippen molar-refractivity contribution in [3.63, 3.8) is 0 Å². The van der Waals surface area contributed by atoms with E-state index in [1.165, 1.54) is 0 Å². The van der Waals surface area contributed by atoms with Crippen LogP contribution in [0.1, 0.15) is 35.8 Å². The number of aryl methyl sites for hydroxylation is 2. The molecule has 1 atom stereocenters. The highest BCUT2D eigenvalue weighted by Crippen LogP contribution is 2.27. The van der Waals surface area contributed by atoms with E-state index in [1.54, 1.807) is 14.0 Å². The molecule has 0 N–H and O–H groups in total. The zero-order chi connectivity index (χ0) is 16.4. The van der Waals surface area contributed by atoms with Crippen LogP contribution in [0.25, 0.3) is 0 Å². The molecular formula is C15H21N5O3. The van der Waals surface area contributed by atoms with Gasteiger partial charge in [0.25, 0.3) is 0 Å². The summed E-state index contributed by atoms with van der Waals surface area (Å²) < 4.78 is 12.2. The average molecular weight is 319 g/mol. The standard InChI is InChI=1S/C15H21N5O3/c1-4-20-8-11-6-19(7-12(9-22-3)15(11)17-20)14(21)5-13-16-10(2)18-23-13/h8,12H,4-7,9H2,1-3H3. The molecule has 3 rings (SSSR count). The molecule has 1 aliphatic rings. The maximum atomic E-state index is 12.5. The van der Waals surface area contributed by atoms with Crippen molar-refractivity contribution in [3.8, 4) is 0 Å². The molecule has 2 aromatic rings. The number of hydrogen-bond acceptors (Lipinski definition) is 6. The van der Waals surface area contributed by atoms with Gasteiger partial charge in [-0.05, 0) is 13.8 Å². The van der Waals surface area contributed by atoms with Gasteiger partial charge in [0.1, 0.15) is 6.42 Å². The fraction of sp³-hybridized carbons (Fsp3) is 0.600. The van der Waals surface area contributed by atoms with Gasteiger partial charge in [-0.2, -0.15) is 10.1 Å². The van der Waals surface area contributed by atoms with Gasteiger partial charge >= 0.3 is 0 Å². The summed E-state index contributed by atoms with van der Waals surface area (Å²) in [6, 6.07) is 0. The van der Waals surface area contributed by atoms with Crippen molar-refractivity contribution in [1.29, 1.82) is 0 Å². The minimum Gasteiger partial charge on any atom is -0.384 e. The van der Waals surface area contributed by atoms with Crippen molar-refractivity contribution in [2.75, 3.05) is 20.3 Å². The molecular weight excluding hydrogens is 298 g/mol. The molecule has 8 heteroatoms. The van der Waals surface area contributed by atoms with Crippen LogP contribution >= 0.6 is 0 Å². The normalized spacial score (nSPS) is 17.3. The van der Waals surface area contributed by atoms with Crippen molar-refractivity contribution in [3.05, 3.63) is 29.2 Å². The number of carbonyl (C=O) groups is 1. The molecule has 124 valence electrons. The van der Waals surface area contributed by atoms with Crippen molar-refractivity contribution >= 4 is 5.91 Å². The second-order valence-electron chi connectivity index (χ2n) is 5.73. The summed E-state index contributed by atoms with van der Waals surface area (Å²) in [4.78, 5) is 18.5. The lowest BCUT2D eigenvalue weighted by molar-refractivity contribution is -0.132. The van der Waals surface area contributed by atoms with Gasteiger partial charge in [0.2, 0.25) is 11.8 Å². The molecule has 1 aliphatic heterocycles. The molecule has 0 saturated carbocycles. The number of hydrogen-bond donors (Lipinski definition) is 0. The fourth-order valence-electron chi connectivity index (χ4n) is 2.90. The Morgan fingerprint density at radius 3 is 3.00 bits per heavy atom. The van der Waals surface area contributed by atoms with Gasteiger partial charge in [0.05, 0.1) is 12.3 Å². The van der Waals surface area contributed by atoms with E-state index in [0.717, 1.165) is 17.8 Å². The van der Waals surface area contributed by atoms with Gasteiger partial charge in [-0.15, -0.1) is 0 Å². The van der Waals surface area contributed by atoms with Crippen LogP contribution in [0.15, 0.2) is 10.7 Å². The van der Waals surface area contributed by atoms with Crippen LogP contribution in [0.5, 0.6) is 0 Å². The van der Waals surface area contributed by atoms with Crippen LogP contribution in [0.3, 0.4) is 0 Å². The van der Waals surface area contributed by atoms with Crippen molar-refractivity contribution in [1.82, 2.24) is 24.8 Å². The molecule has 23 heavy (non-hydrogen) atoms. The third-order valence-corrected chi connectivity index (χ3v) is 3.98. The highest BCUT2D eigenvalue weighted by molar-refractivity contribution is 5.78. The third-order valence-electron chi connectivity index (χ3n) is 3.98. The van der Waals surface area contributed by atoms with Gasteiger partial charge in [0, 0.05) is 44.4 Å². The number of ether oxygens (including phenoxy) is 1.